The minimum Gasteiger partial charge on any atom is -0.371 e. The van der Waals surface area contributed by atoms with E-state index in [1.54, 1.807) is 0 Å². The highest BCUT2D eigenvalue weighted by molar-refractivity contribution is 6.06. The first-order chi connectivity index (χ1) is 11.2. The van der Waals surface area contributed by atoms with Gasteiger partial charge in [-0.05, 0) is 43.2 Å². The van der Waals surface area contributed by atoms with Gasteiger partial charge < -0.3 is 15.2 Å². The number of amides is 1. The molecule has 0 unspecified atom stereocenters. The summed E-state index contributed by atoms with van der Waals surface area (Å²) in [6, 6.07) is 16.0. The third-order valence-electron chi connectivity index (χ3n) is 4.49. The number of para-hydroxylation sites is 1. The molecule has 1 amide bonds. The van der Waals surface area contributed by atoms with Crippen molar-refractivity contribution in [3.05, 3.63) is 59.8 Å². The molecule has 1 aromatic heterocycles. The van der Waals surface area contributed by atoms with Crippen molar-refractivity contribution in [3.63, 3.8) is 0 Å². The summed E-state index contributed by atoms with van der Waals surface area (Å²) in [4.78, 5) is 18.0. The van der Waals surface area contributed by atoms with Crippen LogP contribution >= 0.6 is 0 Å². The minimum atomic E-state index is -0.109. The fraction of sp³-hybridized carbons (Fsp3) is 0.211. The van der Waals surface area contributed by atoms with Crippen molar-refractivity contribution in [1.82, 2.24) is 4.98 Å². The van der Waals surface area contributed by atoms with E-state index in [9.17, 15) is 4.79 Å². The van der Waals surface area contributed by atoms with Crippen LogP contribution in [0.1, 0.15) is 23.0 Å². The summed E-state index contributed by atoms with van der Waals surface area (Å²) in [6.45, 7) is 4.21. The van der Waals surface area contributed by atoms with Crippen molar-refractivity contribution in [2.24, 2.45) is 0 Å². The Balaban J connectivity index is 1.59. The summed E-state index contributed by atoms with van der Waals surface area (Å²) in [5.74, 6) is -0.109. The molecule has 0 saturated heterocycles. The Morgan fingerprint density at radius 1 is 1.22 bits per heavy atom. The van der Waals surface area contributed by atoms with Gasteiger partial charge in [0, 0.05) is 35.4 Å². The van der Waals surface area contributed by atoms with E-state index in [1.807, 2.05) is 36.4 Å². The van der Waals surface area contributed by atoms with E-state index in [2.05, 4.69) is 34.3 Å². The van der Waals surface area contributed by atoms with E-state index < -0.39 is 0 Å². The van der Waals surface area contributed by atoms with Gasteiger partial charge in [-0.25, -0.2) is 0 Å². The van der Waals surface area contributed by atoms with Crippen LogP contribution in [0.2, 0.25) is 0 Å². The van der Waals surface area contributed by atoms with Crippen LogP contribution in [0.25, 0.3) is 10.9 Å². The van der Waals surface area contributed by atoms with Crippen molar-refractivity contribution in [2.75, 3.05) is 23.3 Å². The number of carbonyl (C=O) groups is 1. The fourth-order valence-corrected chi connectivity index (χ4v) is 3.25. The molecule has 1 aliphatic rings. The second-order valence-corrected chi connectivity index (χ2v) is 5.90. The molecule has 0 aliphatic carbocycles. The molecule has 0 radical (unpaired) electrons. The van der Waals surface area contributed by atoms with E-state index >= 15 is 0 Å². The Labute approximate surface area is 135 Å². The lowest BCUT2D eigenvalue weighted by Gasteiger charge is -2.17. The molecule has 0 bridgehead atoms. The van der Waals surface area contributed by atoms with Crippen molar-refractivity contribution in [3.8, 4) is 0 Å². The maximum atomic E-state index is 12.5. The molecule has 4 heteroatoms. The van der Waals surface area contributed by atoms with Gasteiger partial charge >= 0.3 is 0 Å². The number of carbonyl (C=O) groups excluding carboxylic acids is 1. The summed E-state index contributed by atoms with van der Waals surface area (Å²) in [7, 11) is 0. The molecule has 0 fully saturated rings. The minimum absolute atomic E-state index is 0.109. The number of fused-ring (bicyclic) bond motifs is 2. The zero-order valence-corrected chi connectivity index (χ0v) is 13.1. The number of benzene rings is 2. The van der Waals surface area contributed by atoms with Crippen LogP contribution in [0.3, 0.4) is 0 Å². The molecular formula is C19H19N3O. The SMILES string of the molecule is CCN1CCc2ccc(NC(=O)c3cc4ccccc4[nH]3)cc21. The lowest BCUT2D eigenvalue weighted by molar-refractivity contribution is 0.102. The molecule has 116 valence electrons. The molecule has 0 spiro atoms. The van der Waals surface area contributed by atoms with Gasteiger partial charge in [-0.1, -0.05) is 24.3 Å². The highest BCUT2D eigenvalue weighted by atomic mass is 16.1. The lowest BCUT2D eigenvalue weighted by atomic mass is 10.1. The zero-order chi connectivity index (χ0) is 15.8. The summed E-state index contributed by atoms with van der Waals surface area (Å²) < 4.78 is 0. The maximum absolute atomic E-state index is 12.5. The van der Waals surface area contributed by atoms with Crippen molar-refractivity contribution in [1.29, 1.82) is 0 Å². The second-order valence-electron chi connectivity index (χ2n) is 5.90. The van der Waals surface area contributed by atoms with Gasteiger partial charge in [0.15, 0.2) is 0 Å². The quantitative estimate of drug-likeness (QED) is 0.773. The lowest BCUT2D eigenvalue weighted by Crippen LogP contribution is -2.19. The Bertz CT molecular complexity index is 848. The molecule has 2 heterocycles. The number of hydrogen-bond acceptors (Lipinski definition) is 2. The molecule has 3 aromatic rings. The smallest absolute Gasteiger partial charge is 0.272 e. The summed E-state index contributed by atoms with van der Waals surface area (Å²) in [6.07, 6.45) is 1.08. The average Bonchev–Trinajstić information content (AvgIpc) is 3.18. The Kier molecular flexibility index (Phi) is 3.30. The highest BCUT2D eigenvalue weighted by Gasteiger charge is 2.18. The van der Waals surface area contributed by atoms with Crippen molar-refractivity contribution < 1.29 is 4.79 Å². The summed E-state index contributed by atoms with van der Waals surface area (Å²) in [5, 5.41) is 4.04. The molecule has 4 rings (SSSR count). The predicted octanol–water partition coefficient (Wildman–Crippen LogP) is 3.80. The monoisotopic (exact) mass is 305 g/mol. The molecule has 4 nitrogen and oxygen atoms in total. The maximum Gasteiger partial charge on any atom is 0.272 e. The number of likely N-dealkylation sites (N-methyl/N-ethyl adjacent to an activating group) is 1. The third-order valence-corrected chi connectivity index (χ3v) is 4.49. The number of anilines is 2. The number of nitrogens with one attached hydrogen (secondary N) is 2. The molecule has 1 aliphatic heterocycles. The van der Waals surface area contributed by atoms with Crippen LogP contribution in [0.15, 0.2) is 48.5 Å². The summed E-state index contributed by atoms with van der Waals surface area (Å²) in [5.41, 5.74) is 4.99. The topological polar surface area (TPSA) is 48.1 Å². The van der Waals surface area contributed by atoms with Gasteiger partial charge in [0.1, 0.15) is 5.69 Å². The normalized spacial score (nSPS) is 13.3. The van der Waals surface area contributed by atoms with E-state index in [-0.39, 0.29) is 5.91 Å². The number of nitrogens with zero attached hydrogens (tertiary/aromatic N) is 1. The predicted molar refractivity (Wildman–Crippen MR) is 94.3 cm³/mol. The van der Waals surface area contributed by atoms with Gasteiger partial charge in [-0.3, -0.25) is 4.79 Å². The Hall–Kier alpha value is -2.75. The van der Waals surface area contributed by atoms with Crippen LogP contribution < -0.4 is 10.2 Å². The zero-order valence-electron chi connectivity index (χ0n) is 13.1. The van der Waals surface area contributed by atoms with Gasteiger partial charge in [0.25, 0.3) is 5.91 Å². The standard InChI is InChI=1S/C19H19N3O/c1-2-22-10-9-13-7-8-15(12-18(13)22)20-19(23)17-11-14-5-3-4-6-16(14)21-17/h3-8,11-12,21H,2,9-10H2,1H3,(H,20,23). The number of rotatable bonds is 3. The third kappa shape index (κ3) is 2.46. The van der Waals surface area contributed by atoms with Crippen molar-refractivity contribution >= 4 is 28.2 Å². The average molecular weight is 305 g/mol. The molecule has 2 N–H and O–H groups in total. The number of hydrogen-bond donors (Lipinski definition) is 2. The van der Waals surface area contributed by atoms with E-state index in [4.69, 9.17) is 0 Å². The second kappa shape index (κ2) is 5.47. The number of H-pyrrole nitrogens is 1. The van der Waals surface area contributed by atoms with Gasteiger partial charge in [0.2, 0.25) is 0 Å². The molecule has 0 atom stereocenters. The molecule has 23 heavy (non-hydrogen) atoms. The van der Waals surface area contributed by atoms with E-state index in [0.29, 0.717) is 5.69 Å². The molecule has 2 aromatic carbocycles. The number of aromatic nitrogens is 1. The van der Waals surface area contributed by atoms with Gasteiger partial charge in [-0.2, -0.15) is 0 Å². The van der Waals surface area contributed by atoms with E-state index in [1.165, 1.54) is 11.3 Å². The Morgan fingerprint density at radius 3 is 2.91 bits per heavy atom. The van der Waals surface area contributed by atoms with Crippen LogP contribution in [0.5, 0.6) is 0 Å². The van der Waals surface area contributed by atoms with Crippen LogP contribution in [-0.4, -0.2) is 24.0 Å². The molecule has 0 saturated carbocycles. The largest absolute Gasteiger partial charge is 0.371 e. The van der Waals surface area contributed by atoms with Crippen LogP contribution in [0.4, 0.5) is 11.4 Å². The first-order valence-electron chi connectivity index (χ1n) is 8.01. The first kappa shape index (κ1) is 13.9. The van der Waals surface area contributed by atoms with Gasteiger partial charge in [-0.15, -0.1) is 0 Å². The number of aromatic amines is 1. The van der Waals surface area contributed by atoms with E-state index in [0.717, 1.165) is 36.1 Å². The Morgan fingerprint density at radius 2 is 2.09 bits per heavy atom. The van der Waals surface area contributed by atoms with Crippen molar-refractivity contribution in [2.45, 2.75) is 13.3 Å². The molecular weight excluding hydrogens is 286 g/mol. The highest BCUT2D eigenvalue weighted by Crippen LogP contribution is 2.30. The fourth-order valence-electron chi connectivity index (χ4n) is 3.25. The first-order valence-corrected chi connectivity index (χ1v) is 8.01. The van der Waals surface area contributed by atoms with Gasteiger partial charge in [0.05, 0.1) is 0 Å². The summed E-state index contributed by atoms with van der Waals surface area (Å²) >= 11 is 0. The van der Waals surface area contributed by atoms with Crippen LogP contribution in [0, 0.1) is 0 Å². The van der Waals surface area contributed by atoms with Crippen LogP contribution in [-0.2, 0) is 6.42 Å².